The monoisotopic (exact) mass is 136 g/mol. The van der Waals surface area contributed by atoms with Crippen LogP contribution in [0.3, 0.4) is 0 Å². The SMILES string of the molecule is C1C[C@H]2[C@H]3CCC(C3)[C@@H]2C1. The topological polar surface area (TPSA) is 0 Å². The molecule has 0 aliphatic heterocycles. The third kappa shape index (κ3) is 0.538. The number of hydrogen-bond acceptors (Lipinski definition) is 0. The second kappa shape index (κ2) is 1.78. The van der Waals surface area contributed by atoms with Crippen LogP contribution in [0.15, 0.2) is 0 Å². The first-order chi connectivity index (χ1) is 4.95. The lowest BCUT2D eigenvalue weighted by Crippen LogP contribution is -2.15. The lowest BCUT2D eigenvalue weighted by Gasteiger charge is -2.23. The molecule has 56 valence electrons. The van der Waals surface area contributed by atoms with Crippen LogP contribution in [0.1, 0.15) is 38.5 Å². The van der Waals surface area contributed by atoms with Crippen molar-refractivity contribution >= 4 is 0 Å². The maximum absolute atomic E-state index is 1.62. The number of fused-ring (bicyclic) bond motifs is 5. The van der Waals surface area contributed by atoms with E-state index in [9.17, 15) is 0 Å². The Kier molecular flexibility index (Phi) is 1.00. The molecule has 3 rings (SSSR count). The average Bonchev–Trinajstić information content (AvgIpc) is 2.60. The van der Waals surface area contributed by atoms with Gasteiger partial charge >= 0.3 is 0 Å². The standard InChI is InChI=1S/C10H16/c1-2-9-7-4-5-8(6-7)10(9)3-1/h7-10H,1-6H2/t7-,8?,9-,10-/m0/s1. The van der Waals surface area contributed by atoms with E-state index in [4.69, 9.17) is 0 Å². The molecule has 0 spiro atoms. The summed E-state index contributed by atoms with van der Waals surface area (Å²) in [6.45, 7) is 0. The lowest BCUT2D eigenvalue weighted by atomic mass is 9.82. The Balaban J connectivity index is 1.92. The van der Waals surface area contributed by atoms with Gasteiger partial charge in [0.2, 0.25) is 0 Å². The first-order valence-corrected chi connectivity index (χ1v) is 4.95. The second-order valence-electron chi connectivity index (χ2n) is 4.59. The highest BCUT2D eigenvalue weighted by Gasteiger charge is 2.48. The van der Waals surface area contributed by atoms with Crippen LogP contribution in [0.4, 0.5) is 0 Å². The summed E-state index contributed by atoms with van der Waals surface area (Å²) in [6, 6.07) is 0. The molecular weight excluding hydrogens is 120 g/mol. The van der Waals surface area contributed by atoms with Crippen LogP contribution in [0.25, 0.3) is 0 Å². The normalized spacial score (nSPS) is 57.6. The highest BCUT2D eigenvalue weighted by Crippen LogP contribution is 2.58. The Morgan fingerprint density at radius 3 is 1.90 bits per heavy atom. The summed E-state index contributed by atoms with van der Waals surface area (Å²) in [7, 11) is 0. The van der Waals surface area contributed by atoms with Gasteiger partial charge in [0.1, 0.15) is 0 Å². The molecule has 3 saturated carbocycles. The van der Waals surface area contributed by atoms with Crippen molar-refractivity contribution in [3.63, 3.8) is 0 Å². The Morgan fingerprint density at radius 2 is 1.30 bits per heavy atom. The molecule has 0 nitrogen and oxygen atoms in total. The summed E-state index contributed by atoms with van der Waals surface area (Å²) < 4.78 is 0. The fourth-order valence-corrected chi connectivity index (χ4v) is 4.02. The van der Waals surface area contributed by atoms with E-state index in [1.807, 2.05) is 0 Å². The van der Waals surface area contributed by atoms with Crippen molar-refractivity contribution in [2.75, 3.05) is 0 Å². The molecule has 2 bridgehead atoms. The van der Waals surface area contributed by atoms with Crippen molar-refractivity contribution in [2.45, 2.75) is 38.5 Å². The van der Waals surface area contributed by atoms with Gasteiger partial charge in [-0.3, -0.25) is 0 Å². The van der Waals surface area contributed by atoms with Gasteiger partial charge in [0, 0.05) is 0 Å². The minimum atomic E-state index is 1.19. The number of hydrogen-bond donors (Lipinski definition) is 0. The maximum Gasteiger partial charge on any atom is -0.0355 e. The van der Waals surface area contributed by atoms with E-state index in [2.05, 4.69) is 0 Å². The van der Waals surface area contributed by atoms with E-state index in [1.54, 1.807) is 38.5 Å². The minimum absolute atomic E-state index is 1.19. The molecule has 0 aromatic rings. The second-order valence-corrected chi connectivity index (χ2v) is 4.59. The first-order valence-electron chi connectivity index (χ1n) is 4.95. The van der Waals surface area contributed by atoms with Gasteiger partial charge in [-0.2, -0.15) is 0 Å². The van der Waals surface area contributed by atoms with Crippen molar-refractivity contribution in [2.24, 2.45) is 23.7 Å². The average molecular weight is 136 g/mol. The van der Waals surface area contributed by atoms with Gasteiger partial charge in [0.05, 0.1) is 0 Å². The van der Waals surface area contributed by atoms with Gasteiger partial charge in [-0.25, -0.2) is 0 Å². The van der Waals surface area contributed by atoms with E-state index in [1.165, 1.54) is 23.7 Å². The van der Waals surface area contributed by atoms with E-state index >= 15 is 0 Å². The van der Waals surface area contributed by atoms with Gasteiger partial charge in [-0.15, -0.1) is 0 Å². The molecule has 1 unspecified atom stereocenters. The smallest absolute Gasteiger partial charge is 0.0355 e. The van der Waals surface area contributed by atoms with Crippen LogP contribution >= 0.6 is 0 Å². The summed E-state index contributed by atoms with van der Waals surface area (Å²) >= 11 is 0. The molecule has 4 atom stereocenters. The third-order valence-corrected chi connectivity index (χ3v) is 4.35. The molecule has 0 heterocycles. The Labute approximate surface area is 63.0 Å². The van der Waals surface area contributed by atoms with Crippen LogP contribution < -0.4 is 0 Å². The van der Waals surface area contributed by atoms with Crippen molar-refractivity contribution < 1.29 is 0 Å². The van der Waals surface area contributed by atoms with Gasteiger partial charge in [0.25, 0.3) is 0 Å². The lowest BCUT2D eigenvalue weighted by molar-refractivity contribution is 0.259. The summed E-state index contributed by atoms with van der Waals surface area (Å²) in [6.07, 6.45) is 9.53. The molecule has 0 saturated heterocycles. The van der Waals surface area contributed by atoms with Crippen molar-refractivity contribution in [1.29, 1.82) is 0 Å². The molecule has 0 radical (unpaired) electrons. The van der Waals surface area contributed by atoms with Crippen LogP contribution in [0, 0.1) is 23.7 Å². The highest BCUT2D eigenvalue weighted by molar-refractivity contribution is 4.98. The van der Waals surface area contributed by atoms with Crippen LogP contribution in [-0.2, 0) is 0 Å². The molecule has 0 amide bonds. The number of rotatable bonds is 0. The van der Waals surface area contributed by atoms with E-state index in [-0.39, 0.29) is 0 Å². The Bertz CT molecular complexity index is 134. The highest BCUT2D eigenvalue weighted by atomic mass is 14.5. The maximum atomic E-state index is 1.62. The Morgan fingerprint density at radius 1 is 0.700 bits per heavy atom. The fraction of sp³-hybridized carbons (Fsp3) is 1.00. The van der Waals surface area contributed by atoms with Gasteiger partial charge in [-0.05, 0) is 55.8 Å². The molecule has 0 N–H and O–H groups in total. The fourth-order valence-electron chi connectivity index (χ4n) is 4.02. The molecule has 3 fully saturated rings. The molecule has 3 aliphatic carbocycles. The van der Waals surface area contributed by atoms with Crippen LogP contribution in [-0.4, -0.2) is 0 Å². The minimum Gasteiger partial charge on any atom is -0.0527 e. The van der Waals surface area contributed by atoms with Crippen LogP contribution in [0.2, 0.25) is 0 Å². The molecule has 10 heavy (non-hydrogen) atoms. The van der Waals surface area contributed by atoms with E-state index in [0.717, 1.165) is 0 Å². The summed E-state index contributed by atoms with van der Waals surface area (Å²) in [4.78, 5) is 0. The van der Waals surface area contributed by atoms with Crippen LogP contribution in [0.5, 0.6) is 0 Å². The molecular formula is C10H16. The van der Waals surface area contributed by atoms with E-state index in [0.29, 0.717) is 0 Å². The van der Waals surface area contributed by atoms with Gasteiger partial charge < -0.3 is 0 Å². The molecule has 0 aromatic heterocycles. The third-order valence-electron chi connectivity index (χ3n) is 4.35. The Hall–Kier alpha value is 0. The summed E-state index contributed by atoms with van der Waals surface area (Å²) in [5, 5.41) is 0. The molecule has 0 heteroatoms. The summed E-state index contributed by atoms with van der Waals surface area (Å²) in [5.74, 6) is 4.80. The zero-order chi connectivity index (χ0) is 6.55. The van der Waals surface area contributed by atoms with E-state index < -0.39 is 0 Å². The largest absolute Gasteiger partial charge is 0.0527 e. The quantitative estimate of drug-likeness (QED) is 0.480. The van der Waals surface area contributed by atoms with Gasteiger partial charge in [0.15, 0.2) is 0 Å². The predicted molar refractivity (Wildman–Crippen MR) is 41.7 cm³/mol. The molecule has 3 aliphatic rings. The molecule has 0 aromatic carbocycles. The zero-order valence-corrected chi connectivity index (χ0v) is 6.55. The zero-order valence-electron chi connectivity index (χ0n) is 6.55. The predicted octanol–water partition coefficient (Wildman–Crippen LogP) is 2.83. The first kappa shape index (κ1) is 5.62. The summed E-state index contributed by atoms with van der Waals surface area (Å²) in [5.41, 5.74) is 0. The van der Waals surface area contributed by atoms with Crippen molar-refractivity contribution in [3.8, 4) is 0 Å². The van der Waals surface area contributed by atoms with Crippen molar-refractivity contribution in [1.82, 2.24) is 0 Å². The van der Waals surface area contributed by atoms with Crippen molar-refractivity contribution in [3.05, 3.63) is 0 Å². The van der Waals surface area contributed by atoms with Gasteiger partial charge in [-0.1, -0.05) is 6.42 Å².